The van der Waals surface area contributed by atoms with Crippen LogP contribution in [-0.4, -0.2) is 26.7 Å². The Morgan fingerprint density at radius 1 is 1.41 bits per heavy atom. The van der Waals surface area contributed by atoms with Crippen molar-refractivity contribution >= 4 is 17.0 Å². The van der Waals surface area contributed by atoms with Gasteiger partial charge in [-0.1, -0.05) is 0 Å². The summed E-state index contributed by atoms with van der Waals surface area (Å²) in [5.41, 5.74) is 7.97. The van der Waals surface area contributed by atoms with Gasteiger partial charge in [0.2, 0.25) is 5.95 Å². The Balaban J connectivity index is 1.87. The number of pyridine rings is 1. The molecule has 3 unspecified atom stereocenters. The second-order valence-corrected chi connectivity index (χ2v) is 4.88. The molecule has 4 heterocycles. The van der Waals surface area contributed by atoms with Crippen LogP contribution in [0.25, 0.3) is 11.0 Å². The topological polar surface area (TPSA) is 66.0 Å². The summed E-state index contributed by atoms with van der Waals surface area (Å²) in [6, 6.07) is 2.33. The summed E-state index contributed by atoms with van der Waals surface area (Å²) in [6.45, 7) is 0. The lowest BCUT2D eigenvalue weighted by Gasteiger charge is -2.21. The van der Waals surface area contributed by atoms with Crippen LogP contribution in [0.3, 0.4) is 0 Å². The van der Waals surface area contributed by atoms with E-state index in [9.17, 15) is 0 Å². The molecule has 2 saturated heterocycles. The third-order valence-electron chi connectivity index (χ3n) is 3.92. The van der Waals surface area contributed by atoms with Gasteiger partial charge < -0.3 is 15.0 Å². The number of aromatic nitrogens is 3. The van der Waals surface area contributed by atoms with Crippen LogP contribution < -0.4 is 5.73 Å². The molecule has 0 amide bonds. The number of nitrogens with zero attached hydrogens (tertiary/aromatic N) is 3. The van der Waals surface area contributed by atoms with Gasteiger partial charge in [0, 0.05) is 6.20 Å². The first-order valence-electron chi connectivity index (χ1n) is 6.06. The maximum Gasteiger partial charge on any atom is 0.201 e. The van der Waals surface area contributed by atoms with Crippen molar-refractivity contribution in [3.05, 3.63) is 18.5 Å². The molecule has 5 nitrogen and oxygen atoms in total. The lowest BCUT2D eigenvalue weighted by Crippen LogP contribution is -2.22. The van der Waals surface area contributed by atoms with Crippen LogP contribution >= 0.6 is 0 Å². The summed E-state index contributed by atoms with van der Waals surface area (Å²) in [7, 11) is 0. The summed E-state index contributed by atoms with van der Waals surface area (Å²) in [5, 5.41) is 0. The van der Waals surface area contributed by atoms with Crippen molar-refractivity contribution in [2.75, 3.05) is 5.73 Å². The summed E-state index contributed by atoms with van der Waals surface area (Å²) < 4.78 is 8.02. The van der Waals surface area contributed by atoms with Crippen LogP contribution in [0.4, 0.5) is 5.95 Å². The van der Waals surface area contributed by atoms with Crippen molar-refractivity contribution in [1.29, 1.82) is 0 Å². The Morgan fingerprint density at radius 2 is 2.35 bits per heavy atom. The summed E-state index contributed by atoms with van der Waals surface area (Å²) in [5.74, 6) is 0.578. The van der Waals surface area contributed by atoms with E-state index in [0.29, 0.717) is 24.2 Å². The Hall–Kier alpha value is -1.62. The summed E-state index contributed by atoms with van der Waals surface area (Å²) >= 11 is 0. The lowest BCUT2D eigenvalue weighted by atomic mass is 9.95. The number of rotatable bonds is 1. The number of hydrogen-bond donors (Lipinski definition) is 1. The molecule has 2 aliphatic rings. The smallest absolute Gasteiger partial charge is 0.201 e. The first-order valence-corrected chi connectivity index (χ1v) is 6.06. The second kappa shape index (κ2) is 3.20. The Kier molecular flexibility index (Phi) is 1.77. The largest absolute Gasteiger partial charge is 0.373 e. The first-order chi connectivity index (χ1) is 8.33. The zero-order valence-electron chi connectivity index (χ0n) is 9.41. The van der Waals surface area contributed by atoms with E-state index in [0.717, 1.165) is 23.9 Å². The van der Waals surface area contributed by atoms with E-state index in [2.05, 4.69) is 14.5 Å². The SMILES string of the molecule is Nc1nc2cnccc2n1C1CC2CCC1O2. The van der Waals surface area contributed by atoms with Crippen LogP contribution in [0.1, 0.15) is 25.3 Å². The highest BCUT2D eigenvalue weighted by molar-refractivity contribution is 5.77. The second-order valence-electron chi connectivity index (χ2n) is 4.88. The Morgan fingerprint density at radius 3 is 3.12 bits per heavy atom. The van der Waals surface area contributed by atoms with Gasteiger partial charge in [-0.2, -0.15) is 0 Å². The van der Waals surface area contributed by atoms with Gasteiger partial charge in [0.1, 0.15) is 5.52 Å². The van der Waals surface area contributed by atoms with E-state index in [1.807, 2.05) is 6.07 Å². The average molecular weight is 230 g/mol. The quantitative estimate of drug-likeness (QED) is 0.806. The highest BCUT2D eigenvalue weighted by atomic mass is 16.5. The zero-order valence-corrected chi connectivity index (χ0v) is 9.41. The molecule has 2 aromatic heterocycles. The van der Waals surface area contributed by atoms with E-state index < -0.39 is 0 Å². The van der Waals surface area contributed by atoms with Crippen LogP contribution in [0, 0.1) is 0 Å². The van der Waals surface area contributed by atoms with Crippen molar-refractivity contribution in [3.8, 4) is 0 Å². The normalized spacial score (nSPS) is 31.4. The highest BCUT2D eigenvalue weighted by Gasteiger charge is 2.42. The molecule has 88 valence electrons. The fourth-order valence-electron chi connectivity index (χ4n) is 3.20. The molecule has 2 N–H and O–H groups in total. The van der Waals surface area contributed by atoms with E-state index in [1.54, 1.807) is 12.4 Å². The molecule has 3 atom stereocenters. The van der Waals surface area contributed by atoms with Crippen LogP contribution in [0.2, 0.25) is 0 Å². The lowest BCUT2D eigenvalue weighted by molar-refractivity contribution is 0.0945. The third kappa shape index (κ3) is 1.23. The molecule has 2 aromatic rings. The minimum atomic E-state index is 0.313. The number of nitrogen functional groups attached to an aromatic ring is 1. The molecular formula is C12H14N4O. The molecule has 0 radical (unpaired) electrons. The Bertz CT molecular complexity index is 579. The fraction of sp³-hybridized carbons (Fsp3) is 0.500. The molecule has 2 bridgehead atoms. The first kappa shape index (κ1) is 9.41. The number of hydrogen-bond acceptors (Lipinski definition) is 4. The number of imidazole rings is 1. The van der Waals surface area contributed by atoms with Gasteiger partial charge in [0.15, 0.2) is 0 Å². The van der Waals surface area contributed by atoms with E-state index in [-0.39, 0.29) is 0 Å². The van der Waals surface area contributed by atoms with Crippen LogP contribution in [0.5, 0.6) is 0 Å². The molecule has 2 aliphatic heterocycles. The molecule has 5 heteroatoms. The summed E-state index contributed by atoms with van der Waals surface area (Å²) in [6.07, 6.45) is 7.67. The predicted molar refractivity (Wildman–Crippen MR) is 63.5 cm³/mol. The zero-order chi connectivity index (χ0) is 11.4. The molecule has 0 spiro atoms. The molecular weight excluding hydrogens is 216 g/mol. The van der Waals surface area contributed by atoms with Gasteiger partial charge in [0.25, 0.3) is 0 Å². The molecule has 4 rings (SSSR count). The number of anilines is 1. The maximum atomic E-state index is 6.03. The van der Waals surface area contributed by atoms with Gasteiger partial charge in [0.05, 0.1) is 30.0 Å². The van der Waals surface area contributed by atoms with Gasteiger partial charge in [-0.05, 0) is 25.3 Å². The molecule has 0 aliphatic carbocycles. The van der Waals surface area contributed by atoms with Gasteiger partial charge >= 0.3 is 0 Å². The molecule has 0 aromatic carbocycles. The summed E-state index contributed by atoms with van der Waals surface area (Å²) in [4.78, 5) is 8.44. The average Bonchev–Trinajstić information content (AvgIpc) is 2.99. The van der Waals surface area contributed by atoms with Crippen molar-refractivity contribution in [1.82, 2.24) is 14.5 Å². The Labute approximate surface area is 98.6 Å². The van der Waals surface area contributed by atoms with Crippen LogP contribution in [-0.2, 0) is 4.74 Å². The predicted octanol–water partition coefficient (Wildman–Crippen LogP) is 1.51. The van der Waals surface area contributed by atoms with E-state index in [4.69, 9.17) is 10.5 Å². The van der Waals surface area contributed by atoms with Crippen molar-refractivity contribution in [2.24, 2.45) is 0 Å². The highest BCUT2D eigenvalue weighted by Crippen LogP contribution is 2.43. The van der Waals surface area contributed by atoms with Gasteiger partial charge in [-0.25, -0.2) is 4.98 Å². The monoisotopic (exact) mass is 230 g/mol. The van der Waals surface area contributed by atoms with Crippen LogP contribution in [0.15, 0.2) is 18.5 Å². The third-order valence-corrected chi connectivity index (χ3v) is 3.92. The number of ether oxygens (including phenoxy) is 1. The van der Waals surface area contributed by atoms with Crippen molar-refractivity contribution < 1.29 is 4.74 Å². The van der Waals surface area contributed by atoms with Gasteiger partial charge in [-0.15, -0.1) is 0 Å². The molecule has 2 fully saturated rings. The number of nitrogens with two attached hydrogens (primary N) is 1. The maximum absolute atomic E-state index is 6.03. The molecule has 0 saturated carbocycles. The fourth-order valence-corrected chi connectivity index (χ4v) is 3.20. The molecule has 17 heavy (non-hydrogen) atoms. The minimum Gasteiger partial charge on any atom is -0.373 e. The van der Waals surface area contributed by atoms with Crippen molar-refractivity contribution in [2.45, 2.75) is 37.5 Å². The van der Waals surface area contributed by atoms with E-state index in [1.165, 1.54) is 6.42 Å². The van der Waals surface area contributed by atoms with E-state index >= 15 is 0 Å². The standard InChI is InChI=1S/C12H14N4O/c13-12-15-8-6-14-4-3-9(8)16(12)10-5-7-1-2-11(10)17-7/h3-4,6-7,10-11H,1-2,5H2,(H2,13,15). The van der Waals surface area contributed by atoms with Gasteiger partial charge in [-0.3, -0.25) is 4.98 Å². The number of fused-ring (bicyclic) bond motifs is 3. The van der Waals surface area contributed by atoms with Crippen molar-refractivity contribution in [3.63, 3.8) is 0 Å². The minimum absolute atomic E-state index is 0.313.